The van der Waals surface area contributed by atoms with Crippen LogP contribution in [-0.2, 0) is 4.74 Å². The maximum Gasteiger partial charge on any atom is 0.404 e. The zero-order valence-corrected chi connectivity index (χ0v) is 17.1. The van der Waals surface area contributed by atoms with Crippen molar-refractivity contribution >= 4 is 23.4 Å². The third kappa shape index (κ3) is 5.52. The van der Waals surface area contributed by atoms with E-state index in [9.17, 15) is 9.18 Å². The molecule has 2 aromatic carbocycles. The van der Waals surface area contributed by atoms with E-state index in [0.717, 1.165) is 43.2 Å². The molecule has 0 aromatic heterocycles. The zero-order chi connectivity index (χ0) is 20.8. The Bertz CT molecular complexity index is 826. The van der Waals surface area contributed by atoms with Crippen LogP contribution in [0, 0.1) is 5.82 Å². The van der Waals surface area contributed by atoms with E-state index in [1.165, 1.54) is 12.1 Å². The van der Waals surface area contributed by atoms with Crippen LogP contribution in [0.3, 0.4) is 0 Å². The molecule has 1 saturated heterocycles. The summed E-state index contributed by atoms with van der Waals surface area (Å²) in [4.78, 5) is 15.5. The van der Waals surface area contributed by atoms with Gasteiger partial charge < -0.3 is 20.1 Å². The number of primary amides is 1. The van der Waals surface area contributed by atoms with Crippen LogP contribution in [-0.4, -0.2) is 50.9 Å². The van der Waals surface area contributed by atoms with E-state index in [-0.39, 0.29) is 18.5 Å². The largest absolute Gasteiger partial charge is 0.495 e. The molecule has 29 heavy (non-hydrogen) atoms. The lowest BCUT2D eigenvalue weighted by molar-refractivity contribution is 0.122. The number of carbonyl (C=O) groups excluding carboxylic acids is 1. The molecule has 2 aromatic rings. The molecule has 1 aliphatic heterocycles. The third-order valence-electron chi connectivity index (χ3n) is 5.13. The fourth-order valence-electron chi connectivity index (χ4n) is 3.70. The molecular weight excluding hydrogens is 397 g/mol. The second-order valence-electron chi connectivity index (χ2n) is 6.86. The first-order valence-corrected chi connectivity index (χ1v) is 9.86. The number of hydrogen-bond donors (Lipinski definition) is 1. The van der Waals surface area contributed by atoms with Crippen molar-refractivity contribution in [2.45, 2.75) is 12.5 Å². The van der Waals surface area contributed by atoms with Crippen molar-refractivity contribution in [3.8, 4) is 5.75 Å². The van der Waals surface area contributed by atoms with Gasteiger partial charge in [-0.1, -0.05) is 23.7 Å². The number of benzene rings is 2. The Balaban J connectivity index is 1.71. The van der Waals surface area contributed by atoms with Crippen molar-refractivity contribution in [1.82, 2.24) is 4.90 Å². The van der Waals surface area contributed by atoms with Crippen LogP contribution in [0.1, 0.15) is 18.0 Å². The summed E-state index contributed by atoms with van der Waals surface area (Å²) in [6.07, 6.45) is -0.213. The van der Waals surface area contributed by atoms with Crippen molar-refractivity contribution in [3.05, 3.63) is 58.9 Å². The number of hydrogen-bond acceptors (Lipinski definition) is 5. The molecule has 0 bridgehead atoms. The Morgan fingerprint density at radius 1 is 1.17 bits per heavy atom. The quantitative estimate of drug-likeness (QED) is 0.735. The average Bonchev–Trinajstić information content (AvgIpc) is 2.72. The standard InChI is InChI=1S/C21H25ClFN3O3/c1-28-20-7-4-16(22)14-19(20)26-11-9-25(10-12-26)18(8-13-29-21(24)27)15-2-5-17(23)6-3-15/h2-7,14,18H,8-13H2,1H3,(H2,24,27). The molecule has 0 saturated carbocycles. The average molecular weight is 422 g/mol. The smallest absolute Gasteiger partial charge is 0.404 e. The minimum atomic E-state index is -0.791. The highest BCUT2D eigenvalue weighted by molar-refractivity contribution is 6.30. The van der Waals surface area contributed by atoms with Crippen molar-refractivity contribution in [2.75, 3.05) is 44.8 Å². The van der Waals surface area contributed by atoms with E-state index >= 15 is 0 Å². The van der Waals surface area contributed by atoms with Gasteiger partial charge in [-0.25, -0.2) is 9.18 Å². The molecule has 2 N–H and O–H groups in total. The number of carbonyl (C=O) groups is 1. The lowest BCUT2D eigenvalue weighted by Crippen LogP contribution is -2.48. The molecular formula is C21H25ClFN3O3. The molecule has 1 heterocycles. The molecule has 0 spiro atoms. The highest BCUT2D eigenvalue weighted by atomic mass is 35.5. The fourth-order valence-corrected chi connectivity index (χ4v) is 3.87. The van der Waals surface area contributed by atoms with Gasteiger partial charge >= 0.3 is 6.09 Å². The second-order valence-corrected chi connectivity index (χ2v) is 7.30. The van der Waals surface area contributed by atoms with Gasteiger partial charge in [-0.15, -0.1) is 0 Å². The van der Waals surface area contributed by atoms with E-state index in [0.29, 0.717) is 11.4 Å². The van der Waals surface area contributed by atoms with Gasteiger partial charge in [-0.2, -0.15) is 0 Å². The van der Waals surface area contributed by atoms with Crippen LogP contribution in [0.25, 0.3) is 0 Å². The maximum atomic E-state index is 13.4. The molecule has 8 heteroatoms. The number of methoxy groups -OCH3 is 1. The molecule has 0 radical (unpaired) electrons. The Kier molecular flexibility index (Phi) is 7.17. The van der Waals surface area contributed by atoms with Gasteiger partial charge in [0.25, 0.3) is 0 Å². The Labute approximate surface area is 174 Å². The minimum Gasteiger partial charge on any atom is -0.495 e. The molecule has 1 unspecified atom stereocenters. The Hall–Kier alpha value is -2.51. The van der Waals surface area contributed by atoms with E-state index in [1.807, 2.05) is 18.2 Å². The molecule has 3 rings (SSSR count). The van der Waals surface area contributed by atoms with Crippen molar-refractivity contribution in [2.24, 2.45) is 5.73 Å². The topological polar surface area (TPSA) is 68.0 Å². The Morgan fingerprint density at radius 2 is 1.86 bits per heavy atom. The van der Waals surface area contributed by atoms with E-state index in [2.05, 4.69) is 9.80 Å². The van der Waals surface area contributed by atoms with Crippen LogP contribution in [0.5, 0.6) is 5.75 Å². The molecule has 1 amide bonds. The van der Waals surface area contributed by atoms with Crippen molar-refractivity contribution in [1.29, 1.82) is 0 Å². The summed E-state index contributed by atoms with van der Waals surface area (Å²) in [5.41, 5.74) is 7.03. The van der Waals surface area contributed by atoms with E-state index in [4.69, 9.17) is 26.8 Å². The van der Waals surface area contributed by atoms with Gasteiger partial charge in [0.2, 0.25) is 0 Å². The van der Waals surface area contributed by atoms with E-state index in [1.54, 1.807) is 19.2 Å². The summed E-state index contributed by atoms with van der Waals surface area (Å²) in [7, 11) is 1.65. The predicted molar refractivity (Wildman–Crippen MR) is 111 cm³/mol. The predicted octanol–water partition coefficient (Wildman–Crippen LogP) is 3.84. The number of nitrogens with zero attached hydrogens (tertiary/aromatic N) is 2. The summed E-state index contributed by atoms with van der Waals surface area (Å²) in [6.45, 7) is 3.35. The first-order chi connectivity index (χ1) is 14.0. The number of amides is 1. The number of anilines is 1. The molecule has 1 aliphatic rings. The van der Waals surface area contributed by atoms with Crippen molar-refractivity contribution < 1.29 is 18.7 Å². The fraction of sp³-hybridized carbons (Fsp3) is 0.381. The summed E-state index contributed by atoms with van der Waals surface area (Å²) >= 11 is 6.17. The van der Waals surface area contributed by atoms with Gasteiger partial charge in [-0.05, 0) is 35.9 Å². The van der Waals surface area contributed by atoms with E-state index < -0.39 is 6.09 Å². The van der Waals surface area contributed by atoms with Crippen LogP contribution >= 0.6 is 11.6 Å². The number of rotatable bonds is 7. The zero-order valence-electron chi connectivity index (χ0n) is 16.3. The first-order valence-electron chi connectivity index (χ1n) is 9.48. The van der Waals surface area contributed by atoms with Crippen LogP contribution in [0.2, 0.25) is 5.02 Å². The summed E-state index contributed by atoms with van der Waals surface area (Å²) < 4.78 is 23.8. The van der Waals surface area contributed by atoms with Crippen LogP contribution in [0.4, 0.5) is 14.9 Å². The normalized spacial score (nSPS) is 15.8. The van der Waals surface area contributed by atoms with Crippen LogP contribution in [0.15, 0.2) is 42.5 Å². The highest BCUT2D eigenvalue weighted by Gasteiger charge is 2.26. The highest BCUT2D eigenvalue weighted by Crippen LogP contribution is 2.33. The lowest BCUT2D eigenvalue weighted by Gasteiger charge is -2.40. The van der Waals surface area contributed by atoms with Crippen LogP contribution < -0.4 is 15.4 Å². The van der Waals surface area contributed by atoms with Gasteiger partial charge in [0.1, 0.15) is 11.6 Å². The number of halogens is 2. The molecule has 6 nitrogen and oxygen atoms in total. The SMILES string of the molecule is COc1ccc(Cl)cc1N1CCN(C(CCOC(N)=O)c2ccc(F)cc2)CC1. The first kappa shape index (κ1) is 21.2. The van der Waals surface area contributed by atoms with Gasteiger partial charge in [0, 0.05) is 43.7 Å². The maximum absolute atomic E-state index is 13.4. The lowest BCUT2D eigenvalue weighted by atomic mass is 10.0. The third-order valence-corrected chi connectivity index (χ3v) is 5.36. The molecule has 156 valence electrons. The van der Waals surface area contributed by atoms with Crippen molar-refractivity contribution in [3.63, 3.8) is 0 Å². The Morgan fingerprint density at radius 3 is 2.48 bits per heavy atom. The molecule has 1 atom stereocenters. The summed E-state index contributed by atoms with van der Waals surface area (Å²) in [6, 6.07) is 12.0. The number of nitrogens with two attached hydrogens (primary N) is 1. The molecule has 1 fully saturated rings. The monoisotopic (exact) mass is 421 g/mol. The van der Waals surface area contributed by atoms with Gasteiger partial charge in [0.05, 0.1) is 19.4 Å². The summed E-state index contributed by atoms with van der Waals surface area (Å²) in [5, 5.41) is 0.663. The minimum absolute atomic E-state index is 0.00152. The molecule has 0 aliphatic carbocycles. The number of ether oxygens (including phenoxy) is 2. The number of piperazine rings is 1. The van der Waals surface area contributed by atoms with Gasteiger partial charge in [0.15, 0.2) is 0 Å². The van der Waals surface area contributed by atoms with Gasteiger partial charge in [-0.3, -0.25) is 4.90 Å². The summed E-state index contributed by atoms with van der Waals surface area (Å²) in [5.74, 6) is 0.506. The second kappa shape index (κ2) is 9.80.